The van der Waals surface area contributed by atoms with Gasteiger partial charge >= 0.3 is 0 Å². The molecular formula is C17H15N3O2S. The Labute approximate surface area is 134 Å². The van der Waals surface area contributed by atoms with Gasteiger partial charge in [0, 0.05) is 18.1 Å². The van der Waals surface area contributed by atoms with Crippen molar-refractivity contribution >= 4 is 15.7 Å². The molecule has 0 radical (unpaired) electrons. The van der Waals surface area contributed by atoms with Crippen LogP contribution in [0.3, 0.4) is 0 Å². The monoisotopic (exact) mass is 325 g/mol. The van der Waals surface area contributed by atoms with Gasteiger partial charge in [0.15, 0.2) is 0 Å². The zero-order valence-corrected chi connectivity index (χ0v) is 13.1. The third-order valence-electron chi connectivity index (χ3n) is 3.97. The van der Waals surface area contributed by atoms with Crippen LogP contribution in [0.1, 0.15) is 11.4 Å². The lowest BCUT2D eigenvalue weighted by atomic mass is 10.2. The first-order valence-corrected chi connectivity index (χ1v) is 8.92. The average Bonchev–Trinajstić information content (AvgIpc) is 3.11. The molecule has 0 atom stereocenters. The molecule has 0 spiro atoms. The summed E-state index contributed by atoms with van der Waals surface area (Å²) in [5.74, 6) is 0.742. The Balaban J connectivity index is 1.74. The van der Waals surface area contributed by atoms with Crippen molar-refractivity contribution in [1.82, 2.24) is 9.55 Å². The van der Waals surface area contributed by atoms with Crippen molar-refractivity contribution < 1.29 is 8.42 Å². The summed E-state index contributed by atoms with van der Waals surface area (Å²) in [5.41, 5.74) is 2.55. The van der Waals surface area contributed by atoms with E-state index in [-0.39, 0.29) is 12.3 Å². The van der Waals surface area contributed by atoms with Crippen LogP contribution in [-0.4, -0.2) is 18.0 Å². The van der Waals surface area contributed by atoms with Crippen LogP contribution in [0, 0.1) is 0 Å². The van der Waals surface area contributed by atoms with Crippen molar-refractivity contribution in [3.8, 4) is 5.69 Å². The highest BCUT2D eigenvalue weighted by Crippen LogP contribution is 2.34. The number of rotatable bonds is 3. The van der Waals surface area contributed by atoms with E-state index in [4.69, 9.17) is 0 Å². The van der Waals surface area contributed by atoms with Gasteiger partial charge in [-0.25, -0.2) is 13.4 Å². The molecule has 116 valence electrons. The van der Waals surface area contributed by atoms with Gasteiger partial charge in [-0.2, -0.15) is 0 Å². The molecule has 0 N–H and O–H groups in total. The van der Waals surface area contributed by atoms with Gasteiger partial charge in [0.25, 0.3) is 0 Å². The van der Waals surface area contributed by atoms with E-state index in [1.165, 1.54) is 4.31 Å². The lowest BCUT2D eigenvalue weighted by Gasteiger charge is -2.18. The molecule has 23 heavy (non-hydrogen) atoms. The Kier molecular flexibility index (Phi) is 3.20. The van der Waals surface area contributed by atoms with Crippen molar-refractivity contribution in [2.75, 3.05) is 4.31 Å². The molecule has 6 heteroatoms. The molecule has 5 nitrogen and oxygen atoms in total. The van der Waals surface area contributed by atoms with Crippen LogP contribution >= 0.6 is 0 Å². The molecule has 2 aromatic carbocycles. The van der Waals surface area contributed by atoms with Crippen molar-refractivity contribution in [3.05, 3.63) is 78.4 Å². The van der Waals surface area contributed by atoms with Crippen molar-refractivity contribution in [2.45, 2.75) is 12.3 Å². The van der Waals surface area contributed by atoms with Gasteiger partial charge in [-0.3, -0.25) is 4.31 Å². The molecule has 3 aromatic rings. The van der Waals surface area contributed by atoms with E-state index in [2.05, 4.69) is 4.98 Å². The number of hydrogen-bond donors (Lipinski definition) is 0. The summed E-state index contributed by atoms with van der Waals surface area (Å²) in [5, 5.41) is 0. The third kappa shape index (κ3) is 2.41. The predicted octanol–water partition coefficient (Wildman–Crippen LogP) is 2.72. The number of anilines is 1. The summed E-state index contributed by atoms with van der Waals surface area (Å²) < 4.78 is 28.3. The van der Waals surface area contributed by atoms with Gasteiger partial charge in [0.05, 0.1) is 18.0 Å². The molecule has 1 aliphatic heterocycles. The van der Waals surface area contributed by atoms with Crippen LogP contribution < -0.4 is 4.31 Å². The highest BCUT2D eigenvalue weighted by atomic mass is 32.2. The second kappa shape index (κ2) is 5.24. The van der Waals surface area contributed by atoms with Gasteiger partial charge in [0.2, 0.25) is 10.0 Å². The van der Waals surface area contributed by atoms with Crippen LogP contribution in [0.25, 0.3) is 5.69 Å². The zero-order valence-electron chi connectivity index (χ0n) is 12.3. The maximum atomic E-state index is 12.5. The maximum absolute atomic E-state index is 12.5. The highest BCUT2D eigenvalue weighted by molar-refractivity contribution is 7.92. The Morgan fingerprint density at radius 3 is 2.57 bits per heavy atom. The number of benzene rings is 2. The number of imidazole rings is 1. The van der Waals surface area contributed by atoms with Gasteiger partial charge < -0.3 is 4.57 Å². The summed E-state index contributed by atoms with van der Waals surface area (Å²) in [6.07, 6.45) is 3.54. The topological polar surface area (TPSA) is 55.2 Å². The Bertz CT molecular complexity index is 949. The maximum Gasteiger partial charge on any atom is 0.239 e. The third-order valence-corrected chi connectivity index (χ3v) is 5.64. The zero-order chi connectivity index (χ0) is 15.9. The first kappa shape index (κ1) is 14.0. The molecule has 0 unspecified atom stereocenters. The van der Waals surface area contributed by atoms with E-state index < -0.39 is 10.0 Å². The fourth-order valence-electron chi connectivity index (χ4n) is 2.89. The minimum atomic E-state index is -3.34. The fourth-order valence-corrected chi connectivity index (χ4v) is 4.47. The van der Waals surface area contributed by atoms with E-state index >= 15 is 0 Å². The number of sulfonamides is 1. The quantitative estimate of drug-likeness (QED) is 0.744. The fraction of sp³-hybridized carbons (Fsp3) is 0.118. The van der Waals surface area contributed by atoms with Crippen LogP contribution in [0.15, 0.2) is 67.0 Å². The molecule has 1 aliphatic rings. The van der Waals surface area contributed by atoms with E-state index in [1.54, 1.807) is 6.20 Å². The molecule has 0 saturated carbocycles. The minimum Gasteiger partial charge on any atom is -0.302 e. The summed E-state index contributed by atoms with van der Waals surface area (Å²) in [6.45, 7) is 0.223. The molecule has 0 bridgehead atoms. The molecule has 1 aromatic heterocycles. The average molecular weight is 325 g/mol. The lowest BCUT2D eigenvalue weighted by molar-refractivity contribution is 0.592. The first-order chi connectivity index (χ1) is 11.1. The number of nitrogens with zero attached hydrogens (tertiary/aromatic N) is 3. The Hall–Kier alpha value is -2.60. The Morgan fingerprint density at radius 2 is 1.74 bits per heavy atom. The largest absolute Gasteiger partial charge is 0.302 e. The lowest BCUT2D eigenvalue weighted by Crippen LogP contribution is -2.27. The van der Waals surface area contributed by atoms with E-state index in [9.17, 15) is 8.42 Å². The molecule has 2 heterocycles. The number of hydrogen-bond acceptors (Lipinski definition) is 3. The van der Waals surface area contributed by atoms with Crippen LogP contribution in [-0.2, 0) is 22.3 Å². The van der Waals surface area contributed by atoms with E-state index in [1.807, 2.05) is 65.4 Å². The van der Waals surface area contributed by atoms with Gasteiger partial charge in [-0.1, -0.05) is 36.4 Å². The Morgan fingerprint density at radius 1 is 1.00 bits per heavy atom. The van der Waals surface area contributed by atoms with Crippen molar-refractivity contribution in [3.63, 3.8) is 0 Å². The number of para-hydroxylation sites is 2. The number of fused-ring (bicyclic) bond motifs is 1. The second-order valence-electron chi connectivity index (χ2n) is 5.44. The van der Waals surface area contributed by atoms with Crippen LogP contribution in [0.5, 0.6) is 0 Å². The molecule has 0 amide bonds. The minimum absolute atomic E-state index is 0.0508. The van der Waals surface area contributed by atoms with Gasteiger partial charge in [-0.15, -0.1) is 0 Å². The van der Waals surface area contributed by atoms with E-state index in [0.29, 0.717) is 5.82 Å². The summed E-state index contributed by atoms with van der Waals surface area (Å²) in [6, 6.07) is 17.2. The molecule has 4 rings (SSSR count). The first-order valence-electron chi connectivity index (χ1n) is 7.31. The molecule has 0 aliphatic carbocycles. The van der Waals surface area contributed by atoms with Crippen LogP contribution in [0.4, 0.5) is 5.69 Å². The predicted molar refractivity (Wildman–Crippen MR) is 88.8 cm³/mol. The number of aromatic nitrogens is 2. The van der Waals surface area contributed by atoms with Gasteiger partial charge in [0.1, 0.15) is 5.82 Å². The second-order valence-corrected chi connectivity index (χ2v) is 7.33. The smallest absolute Gasteiger partial charge is 0.239 e. The van der Waals surface area contributed by atoms with Crippen molar-refractivity contribution in [2.24, 2.45) is 0 Å². The normalized spacial score (nSPS) is 15.6. The summed E-state index contributed by atoms with van der Waals surface area (Å²) in [4.78, 5) is 4.35. The van der Waals surface area contributed by atoms with E-state index in [0.717, 1.165) is 16.9 Å². The molecule has 0 fully saturated rings. The molecule has 0 saturated heterocycles. The highest BCUT2D eigenvalue weighted by Gasteiger charge is 2.33. The summed E-state index contributed by atoms with van der Waals surface area (Å²) >= 11 is 0. The SMILES string of the molecule is O=S1(=O)Cc2ccccc2N1Cc1nccn1-c1ccccc1. The standard InChI is InChI=1S/C17H15N3O2S/c21-23(22)13-14-6-4-5-9-16(14)20(23)12-17-18-10-11-19(17)15-7-2-1-3-8-15/h1-11H,12-13H2. The molecular weight excluding hydrogens is 310 g/mol. The van der Waals surface area contributed by atoms with Crippen molar-refractivity contribution in [1.29, 1.82) is 0 Å². The van der Waals surface area contributed by atoms with Crippen LogP contribution in [0.2, 0.25) is 0 Å². The van der Waals surface area contributed by atoms with Gasteiger partial charge in [-0.05, 0) is 23.8 Å². The summed E-state index contributed by atoms with van der Waals surface area (Å²) in [7, 11) is -3.34.